The second kappa shape index (κ2) is 8.66. The van der Waals surface area contributed by atoms with Crippen LogP contribution in [-0.4, -0.2) is 45.5 Å². The average Bonchev–Trinajstić information content (AvgIpc) is 3.32. The predicted octanol–water partition coefficient (Wildman–Crippen LogP) is 3.37. The molecule has 0 aliphatic heterocycles. The molecule has 9 heteroatoms. The number of aromatic nitrogens is 2. The lowest BCUT2D eigenvalue weighted by molar-refractivity contribution is -0.122. The van der Waals surface area contributed by atoms with Gasteiger partial charge >= 0.3 is 12.1 Å². The topological polar surface area (TPSA) is 123 Å². The van der Waals surface area contributed by atoms with Gasteiger partial charge in [0.2, 0.25) is 5.91 Å². The van der Waals surface area contributed by atoms with Gasteiger partial charge in [0, 0.05) is 24.9 Å². The number of nitrogens with one attached hydrogen (secondary N) is 2. The zero-order valence-corrected chi connectivity index (χ0v) is 18.5. The van der Waals surface area contributed by atoms with Crippen molar-refractivity contribution in [3.63, 3.8) is 0 Å². The minimum atomic E-state index is -1.16. The first-order valence-electron chi connectivity index (χ1n) is 11.1. The quantitative estimate of drug-likeness (QED) is 0.518. The van der Waals surface area contributed by atoms with Gasteiger partial charge in [-0.3, -0.25) is 9.48 Å². The number of anilines is 1. The van der Waals surface area contributed by atoms with Crippen LogP contribution >= 0.6 is 0 Å². The Labute approximate surface area is 195 Å². The first kappa shape index (κ1) is 21.7. The van der Waals surface area contributed by atoms with Crippen molar-refractivity contribution in [2.24, 2.45) is 13.0 Å². The summed E-state index contributed by atoms with van der Waals surface area (Å²) in [6.45, 7) is 0.231. The third-order valence-corrected chi connectivity index (χ3v) is 6.59. The number of rotatable bonds is 6. The molecule has 0 radical (unpaired) electrons. The van der Waals surface area contributed by atoms with Crippen molar-refractivity contribution >= 4 is 23.8 Å². The van der Waals surface area contributed by atoms with Crippen molar-refractivity contribution in [1.82, 2.24) is 15.1 Å². The molecule has 3 aromatic rings. The Balaban J connectivity index is 1.13. The van der Waals surface area contributed by atoms with E-state index in [4.69, 9.17) is 4.74 Å². The molecule has 1 saturated carbocycles. The van der Waals surface area contributed by atoms with Gasteiger partial charge in [-0.05, 0) is 35.1 Å². The lowest BCUT2D eigenvalue weighted by Gasteiger charge is -2.34. The van der Waals surface area contributed by atoms with Crippen molar-refractivity contribution in [2.45, 2.75) is 24.8 Å². The first-order valence-corrected chi connectivity index (χ1v) is 11.1. The van der Waals surface area contributed by atoms with Crippen LogP contribution in [0.15, 0.2) is 54.7 Å². The van der Waals surface area contributed by atoms with Gasteiger partial charge in [0.15, 0.2) is 0 Å². The standard InChI is InChI=1S/C25H24N4O5/c1-29-22(20(12-26-29)24(31)32)28-23(30)14-10-15(11-14)27-25(33)34-13-21-18-8-4-2-6-16(18)17-7-3-5-9-19(17)21/h2-9,12,14-15,21H,10-11,13H2,1H3,(H,27,33)(H,28,30)(H,31,32). The number of aryl methyl sites for hydroxylation is 1. The summed E-state index contributed by atoms with van der Waals surface area (Å²) in [5, 5.41) is 18.5. The van der Waals surface area contributed by atoms with Crippen LogP contribution in [0.25, 0.3) is 11.1 Å². The molecule has 2 aliphatic carbocycles. The minimum absolute atomic E-state index is 0.0135. The normalized spacial score (nSPS) is 18.4. The summed E-state index contributed by atoms with van der Waals surface area (Å²) in [7, 11) is 1.56. The monoisotopic (exact) mass is 460 g/mol. The Morgan fingerprint density at radius 2 is 1.68 bits per heavy atom. The number of carbonyl (C=O) groups is 3. The molecule has 2 aromatic carbocycles. The molecule has 0 saturated heterocycles. The third kappa shape index (κ3) is 3.89. The second-order valence-electron chi connectivity index (χ2n) is 8.66. The number of hydrogen-bond acceptors (Lipinski definition) is 5. The highest BCUT2D eigenvalue weighted by atomic mass is 16.5. The number of ether oxygens (including phenoxy) is 1. The maximum atomic E-state index is 12.5. The van der Waals surface area contributed by atoms with Crippen LogP contribution in [-0.2, 0) is 16.6 Å². The van der Waals surface area contributed by atoms with Gasteiger partial charge in [0.05, 0.1) is 6.20 Å². The highest BCUT2D eigenvalue weighted by molar-refractivity contribution is 6.00. The number of benzene rings is 2. The van der Waals surface area contributed by atoms with Crippen LogP contribution in [0.2, 0.25) is 0 Å². The third-order valence-electron chi connectivity index (χ3n) is 6.59. The maximum Gasteiger partial charge on any atom is 0.407 e. The van der Waals surface area contributed by atoms with Crippen LogP contribution in [0.1, 0.15) is 40.2 Å². The van der Waals surface area contributed by atoms with Gasteiger partial charge < -0.3 is 20.5 Å². The molecule has 0 unspecified atom stereocenters. The van der Waals surface area contributed by atoms with E-state index in [2.05, 4.69) is 40.0 Å². The fourth-order valence-electron chi connectivity index (χ4n) is 4.72. The SMILES string of the molecule is Cn1ncc(C(=O)O)c1NC(=O)C1CC(NC(=O)OCC2c3ccccc3-c3ccccc32)C1. The largest absolute Gasteiger partial charge is 0.477 e. The number of carboxylic acid groups (broad SMARTS) is 1. The van der Waals surface area contributed by atoms with Gasteiger partial charge in [-0.1, -0.05) is 48.5 Å². The summed E-state index contributed by atoms with van der Waals surface area (Å²) in [5.74, 6) is -1.65. The molecule has 2 aliphatic rings. The molecule has 9 nitrogen and oxygen atoms in total. The van der Waals surface area contributed by atoms with Gasteiger partial charge in [-0.15, -0.1) is 0 Å². The summed E-state index contributed by atoms with van der Waals surface area (Å²) >= 11 is 0. The van der Waals surface area contributed by atoms with Crippen LogP contribution in [0.5, 0.6) is 0 Å². The summed E-state index contributed by atoms with van der Waals surface area (Å²) in [5.41, 5.74) is 4.56. The zero-order chi connectivity index (χ0) is 23.8. The van der Waals surface area contributed by atoms with E-state index in [1.807, 2.05) is 24.3 Å². The van der Waals surface area contributed by atoms with Crippen molar-refractivity contribution in [2.75, 3.05) is 11.9 Å². The smallest absolute Gasteiger partial charge is 0.407 e. The molecular formula is C25H24N4O5. The van der Waals surface area contributed by atoms with E-state index >= 15 is 0 Å². The fourth-order valence-corrected chi connectivity index (χ4v) is 4.72. The molecule has 1 aromatic heterocycles. The Morgan fingerprint density at radius 1 is 1.06 bits per heavy atom. The lowest BCUT2D eigenvalue weighted by Crippen LogP contribution is -2.48. The minimum Gasteiger partial charge on any atom is -0.477 e. The Morgan fingerprint density at radius 3 is 2.29 bits per heavy atom. The number of carboxylic acids is 1. The summed E-state index contributed by atoms with van der Waals surface area (Å²) < 4.78 is 6.87. The van der Waals surface area contributed by atoms with E-state index in [0.717, 1.165) is 11.1 Å². The Kier molecular flexibility index (Phi) is 5.53. The van der Waals surface area contributed by atoms with Crippen molar-refractivity contribution in [1.29, 1.82) is 0 Å². The number of carbonyl (C=O) groups excluding carboxylic acids is 2. The predicted molar refractivity (Wildman–Crippen MR) is 124 cm³/mol. The number of alkyl carbamates (subject to hydrolysis) is 1. The van der Waals surface area contributed by atoms with Crippen molar-refractivity contribution in [3.8, 4) is 11.1 Å². The van der Waals surface area contributed by atoms with E-state index in [9.17, 15) is 19.5 Å². The van der Waals surface area contributed by atoms with Crippen LogP contribution in [0.4, 0.5) is 10.6 Å². The second-order valence-corrected chi connectivity index (χ2v) is 8.66. The molecule has 174 valence electrons. The van der Waals surface area contributed by atoms with Crippen LogP contribution < -0.4 is 10.6 Å². The van der Waals surface area contributed by atoms with Crippen molar-refractivity contribution in [3.05, 3.63) is 71.4 Å². The molecule has 1 heterocycles. The van der Waals surface area contributed by atoms with E-state index in [1.165, 1.54) is 22.0 Å². The Hall–Kier alpha value is -4.14. The first-order chi connectivity index (χ1) is 16.4. The molecule has 34 heavy (non-hydrogen) atoms. The van der Waals surface area contributed by atoms with Crippen LogP contribution in [0.3, 0.4) is 0 Å². The van der Waals surface area contributed by atoms with E-state index in [-0.39, 0.29) is 41.8 Å². The van der Waals surface area contributed by atoms with Crippen LogP contribution in [0, 0.1) is 5.92 Å². The molecule has 2 amide bonds. The number of fused-ring (bicyclic) bond motifs is 3. The van der Waals surface area contributed by atoms with Gasteiger partial charge in [0.1, 0.15) is 18.0 Å². The summed E-state index contributed by atoms with van der Waals surface area (Å²) in [6.07, 6.45) is 1.60. The molecule has 0 spiro atoms. The molecule has 0 atom stereocenters. The Bertz CT molecular complexity index is 1230. The molecular weight excluding hydrogens is 436 g/mol. The molecule has 1 fully saturated rings. The summed E-state index contributed by atoms with van der Waals surface area (Å²) in [6, 6.07) is 16.1. The van der Waals surface area contributed by atoms with E-state index in [0.29, 0.717) is 12.8 Å². The highest BCUT2D eigenvalue weighted by Gasteiger charge is 2.37. The zero-order valence-electron chi connectivity index (χ0n) is 18.5. The number of nitrogens with zero attached hydrogens (tertiary/aromatic N) is 2. The molecule has 0 bridgehead atoms. The van der Waals surface area contributed by atoms with Gasteiger partial charge in [-0.25, -0.2) is 9.59 Å². The maximum absolute atomic E-state index is 12.5. The molecule has 3 N–H and O–H groups in total. The number of amides is 2. The number of aromatic carboxylic acids is 1. The lowest BCUT2D eigenvalue weighted by atomic mass is 9.79. The fraction of sp³-hybridized carbons (Fsp3) is 0.280. The summed E-state index contributed by atoms with van der Waals surface area (Å²) in [4.78, 5) is 36.2. The highest BCUT2D eigenvalue weighted by Crippen LogP contribution is 2.44. The average molecular weight is 460 g/mol. The van der Waals surface area contributed by atoms with Gasteiger partial charge in [0.25, 0.3) is 0 Å². The van der Waals surface area contributed by atoms with Crippen molar-refractivity contribution < 1.29 is 24.2 Å². The van der Waals surface area contributed by atoms with E-state index < -0.39 is 12.1 Å². The number of hydrogen-bond donors (Lipinski definition) is 3. The van der Waals surface area contributed by atoms with Gasteiger partial charge in [-0.2, -0.15) is 5.10 Å². The molecule has 5 rings (SSSR count). The van der Waals surface area contributed by atoms with E-state index in [1.54, 1.807) is 7.05 Å².